The number of nitrogens with one attached hydrogen (secondary N) is 1. The summed E-state index contributed by atoms with van der Waals surface area (Å²) in [5.41, 5.74) is 3.52. The lowest BCUT2D eigenvalue weighted by Gasteiger charge is -2.22. The normalized spacial score (nSPS) is 13.7. The van der Waals surface area contributed by atoms with Crippen molar-refractivity contribution in [1.29, 1.82) is 0 Å². The molecular formula is C20H23N3O2. The summed E-state index contributed by atoms with van der Waals surface area (Å²) in [6.45, 7) is 0.967. The molecule has 1 N–H and O–H groups in total. The Bertz CT molecular complexity index is 786. The maximum atomic E-state index is 12.8. The minimum atomic E-state index is -0.121. The van der Waals surface area contributed by atoms with Gasteiger partial charge in [0.05, 0.1) is 11.3 Å². The maximum absolute atomic E-state index is 12.8. The van der Waals surface area contributed by atoms with Crippen LogP contribution in [0.3, 0.4) is 0 Å². The number of aryl methyl sites for hydroxylation is 1. The minimum absolute atomic E-state index is 0.0409. The highest BCUT2D eigenvalue weighted by atomic mass is 16.2. The summed E-state index contributed by atoms with van der Waals surface area (Å²) >= 11 is 0. The topological polar surface area (TPSA) is 52.7 Å². The standard InChI is InChI=1S/C20H23N3O2/c1-22(2)16-7-5-6-15(14-16)10-11-19(24)23-13-12-21-20(25)17-8-3-4-9-18(17)23/h3-9,14H,10-13H2,1-2H3,(H,21,25). The maximum Gasteiger partial charge on any atom is 0.253 e. The second kappa shape index (κ2) is 7.38. The number of hydrogen-bond donors (Lipinski definition) is 1. The minimum Gasteiger partial charge on any atom is -0.378 e. The number of nitrogens with zero attached hydrogens (tertiary/aromatic N) is 2. The van der Waals surface area contributed by atoms with E-state index in [1.54, 1.807) is 11.0 Å². The molecular weight excluding hydrogens is 314 g/mol. The number of para-hydroxylation sites is 1. The number of hydrogen-bond acceptors (Lipinski definition) is 3. The van der Waals surface area contributed by atoms with Crippen molar-refractivity contribution >= 4 is 23.2 Å². The molecule has 0 aromatic heterocycles. The first-order valence-corrected chi connectivity index (χ1v) is 8.50. The number of amides is 2. The highest BCUT2D eigenvalue weighted by molar-refractivity contribution is 6.05. The second-order valence-corrected chi connectivity index (χ2v) is 6.38. The molecule has 0 fully saturated rings. The monoisotopic (exact) mass is 337 g/mol. The first kappa shape index (κ1) is 17.0. The zero-order valence-corrected chi connectivity index (χ0v) is 14.7. The zero-order chi connectivity index (χ0) is 17.8. The Morgan fingerprint density at radius 1 is 1.16 bits per heavy atom. The van der Waals surface area contributed by atoms with Gasteiger partial charge in [-0.3, -0.25) is 9.59 Å². The number of carbonyl (C=O) groups is 2. The van der Waals surface area contributed by atoms with E-state index < -0.39 is 0 Å². The Hall–Kier alpha value is -2.82. The lowest BCUT2D eigenvalue weighted by atomic mass is 10.1. The second-order valence-electron chi connectivity index (χ2n) is 6.38. The average molecular weight is 337 g/mol. The van der Waals surface area contributed by atoms with Crippen LogP contribution in [0.4, 0.5) is 11.4 Å². The lowest BCUT2D eigenvalue weighted by Crippen LogP contribution is -2.35. The van der Waals surface area contributed by atoms with Gasteiger partial charge in [0.2, 0.25) is 5.91 Å². The third kappa shape index (κ3) is 3.82. The van der Waals surface area contributed by atoms with Gasteiger partial charge in [-0.1, -0.05) is 24.3 Å². The molecule has 1 aliphatic heterocycles. The van der Waals surface area contributed by atoms with Crippen LogP contribution in [0.1, 0.15) is 22.3 Å². The van der Waals surface area contributed by atoms with Crippen molar-refractivity contribution in [3.63, 3.8) is 0 Å². The summed E-state index contributed by atoms with van der Waals surface area (Å²) in [7, 11) is 4.00. The Kier molecular flexibility index (Phi) is 5.03. The predicted octanol–water partition coefficient (Wildman–Crippen LogP) is 2.46. The van der Waals surface area contributed by atoms with Gasteiger partial charge >= 0.3 is 0 Å². The van der Waals surface area contributed by atoms with Crippen LogP contribution in [-0.4, -0.2) is 39.0 Å². The van der Waals surface area contributed by atoms with E-state index >= 15 is 0 Å². The molecule has 0 aliphatic carbocycles. The molecule has 2 amide bonds. The first-order chi connectivity index (χ1) is 12.1. The van der Waals surface area contributed by atoms with Crippen molar-refractivity contribution in [3.05, 3.63) is 59.7 Å². The van der Waals surface area contributed by atoms with Crippen molar-refractivity contribution in [1.82, 2.24) is 5.32 Å². The Morgan fingerprint density at radius 3 is 2.76 bits per heavy atom. The molecule has 0 spiro atoms. The van der Waals surface area contributed by atoms with E-state index in [2.05, 4.69) is 11.4 Å². The molecule has 1 aliphatic rings. The number of benzene rings is 2. The number of anilines is 2. The van der Waals surface area contributed by atoms with Gasteiger partial charge in [0.25, 0.3) is 5.91 Å². The average Bonchev–Trinajstić information content (AvgIpc) is 2.79. The summed E-state index contributed by atoms with van der Waals surface area (Å²) in [5.74, 6) is -0.0798. The van der Waals surface area contributed by atoms with E-state index in [1.165, 1.54) is 0 Å². The fourth-order valence-electron chi connectivity index (χ4n) is 3.03. The van der Waals surface area contributed by atoms with Crippen molar-refractivity contribution in [2.24, 2.45) is 0 Å². The molecule has 2 aromatic rings. The summed E-state index contributed by atoms with van der Waals surface area (Å²) in [6, 6.07) is 15.5. The smallest absolute Gasteiger partial charge is 0.253 e. The molecule has 0 radical (unpaired) electrons. The number of fused-ring (bicyclic) bond motifs is 1. The van der Waals surface area contributed by atoms with Crippen LogP contribution in [0.5, 0.6) is 0 Å². The van der Waals surface area contributed by atoms with Crippen LogP contribution in [0.25, 0.3) is 0 Å². The van der Waals surface area contributed by atoms with E-state index in [0.717, 1.165) is 11.3 Å². The van der Waals surface area contributed by atoms with E-state index in [1.807, 2.05) is 55.4 Å². The van der Waals surface area contributed by atoms with Crippen molar-refractivity contribution in [2.75, 3.05) is 37.0 Å². The molecule has 0 bridgehead atoms. The van der Waals surface area contributed by atoms with E-state index in [9.17, 15) is 9.59 Å². The predicted molar refractivity (Wildman–Crippen MR) is 100 cm³/mol. The van der Waals surface area contributed by atoms with Crippen molar-refractivity contribution < 1.29 is 9.59 Å². The summed E-state index contributed by atoms with van der Waals surface area (Å²) in [6.07, 6.45) is 1.10. The molecule has 0 saturated heterocycles. The molecule has 25 heavy (non-hydrogen) atoms. The van der Waals surface area contributed by atoms with Gasteiger partial charge < -0.3 is 15.1 Å². The van der Waals surface area contributed by atoms with Crippen molar-refractivity contribution in [2.45, 2.75) is 12.8 Å². The largest absolute Gasteiger partial charge is 0.378 e. The summed E-state index contributed by atoms with van der Waals surface area (Å²) in [4.78, 5) is 28.7. The third-order valence-electron chi connectivity index (χ3n) is 4.42. The Balaban J connectivity index is 1.74. The van der Waals surface area contributed by atoms with Crippen LogP contribution in [0, 0.1) is 0 Å². The van der Waals surface area contributed by atoms with Crippen LogP contribution in [0.2, 0.25) is 0 Å². The van der Waals surface area contributed by atoms with Gasteiger partial charge in [0, 0.05) is 39.3 Å². The van der Waals surface area contributed by atoms with Crippen LogP contribution >= 0.6 is 0 Å². The molecule has 130 valence electrons. The molecule has 5 heteroatoms. The van der Waals surface area contributed by atoms with E-state index in [0.29, 0.717) is 37.2 Å². The molecule has 5 nitrogen and oxygen atoms in total. The molecule has 2 aromatic carbocycles. The molecule has 0 atom stereocenters. The quantitative estimate of drug-likeness (QED) is 0.932. The summed E-state index contributed by atoms with van der Waals surface area (Å²) < 4.78 is 0. The fraction of sp³-hybridized carbons (Fsp3) is 0.300. The van der Waals surface area contributed by atoms with Crippen LogP contribution < -0.4 is 15.1 Å². The highest BCUT2D eigenvalue weighted by Crippen LogP contribution is 2.23. The summed E-state index contributed by atoms with van der Waals surface area (Å²) in [5, 5.41) is 2.84. The molecule has 0 saturated carbocycles. The van der Waals surface area contributed by atoms with Crippen molar-refractivity contribution in [3.8, 4) is 0 Å². The van der Waals surface area contributed by atoms with Gasteiger partial charge in [-0.25, -0.2) is 0 Å². The SMILES string of the molecule is CN(C)c1cccc(CCC(=O)N2CCNC(=O)c3ccccc32)c1. The highest BCUT2D eigenvalue weighted by Gasteiger charge is 2.24. The first-order valence-electron chi connectivity index (χ1n) is 8.50. The van der Waals surface area contributed by atoms with E-state index in [4.69, 9.17) is 0 Å². The number of carbonyl (C=O) groups excluding carboxylic acids is 2. The van der Waals surface area contributed by atoms with Gasteiger partial charge in [-0.2, -0.15) is 0 Å². The molecule has 0 unspecified atom stereocenters. The van der Waals surface area contributed by atoms with Gasteiger partial charge in [0.1, 0.15) is 0 Å². The van der Waals surface area contributed by atoms with Gasteiger partial charge in [0.15, 0.2) is 0 Å². The number of rotatable bonds is 4. The molecule has 1 heterocycles. The molecule has 3 rings (SSSR count). The lowest BCUT2D eigenvalue weighted by molar-refractivity contribution is -0.118. The Labute approximate surface area is 148 Å². The van der Waals surface area contributed by atoms with Crippen LogP contribution in [-0.2, 0) is 11.2 Å². The Morgan fingerprint density at radius 2 is 1.96 bits per heavy atom. The third-order valence-corrected chi connectivity index (χ3v) is 4.42. The van der Waals surface area contributed by atoms with Gasteiger partial charge in [-0.05, 0) is 36.2 Å². The fourth-order valence-corrected chi connectivity index (χ4v) is 3.03. The van der Waals surface area contributed by atoms with Crippen LogP contribution in [0.15, 0.2) is 48.5 Å². The van der Waals surface area contributed by atoms with E-state index in [-0.39, 0.29) is 11.8 Å². The zero-order valence-electron chi connectivity index (χ0n) is 14.7. The van der Waals surface area contributed by atoms with Gasteiger partial charge in [-0.15, -0.1) is 0 Å².